The van der Waals surface area contributed by atoms with Gasteiger partial charge in [0.25, 0.3) is 5.56 Å². The molecule has 10 nitrogen and oxygen atoms in total. The first-order valence-electron chi connectivity index (χ1n) is 8.62. The number of hydrogen-bond donors (Lipinski definition) is 2. The Morgan fingerprint density at radius 3 is 2.52 bits per heavy atom. The van der Waals surface area contributed by atoms with Crippen LogP contribution >= 0.6 is 0 Å². The summed E-state index contributed by atoms with van der Waals surface area (Å²) in [5, 5.41) is 9.52. The number of aromatic amines is 1. The minimum atomic E-state index is -5.10. The van der Waals surface area contributed by atoms with E-state index in [0.717, 1.165) is 17.8 Å². The number of aliphatic hydroxyl groups excluding tert-OH is 1. The van der Waals surface area contributed by atoms with Gasteiger partial charge in [0.15, 0.2) is 12.0 Å². The molecular formula is C16H20F3N3O7. The van der Waals surface area contributed by atoms with Crippen molar-refractivity contribution < 1.29 is 37.3 Å². The van der Waals surface area contributed by atoms with Crippen LogP contribution in [0.3, 0.4) is 0 Å². The second-order valence-corrected chi connectivity index (χ2v) is 7.29. The van der Waals surface area contributed by atoms with Gasteiger partial charge in [-0.3, -0.25) is 19.1 Å². The molecular weight excluding hydrogens is 403 g/mol. The normalized spacial score (nSPS) is 28.4. The van der Waals surface area contributed by atoms with Gasteiger partial charge in [-0.05, 0) is 13.8 Å². The summed E-state index contributed by atoms with van der Waals surface area (Å²) in [6.45, 7) is 2.15. The Balaban J connectivity index is 1.93. The third-order valence-electron chi connectivity index (χ3n) is 4.62. The molecule has 4 atom stereocenters. The Bertz CT molecular complexity index is 910. The highest BCUT2D eigenvalue weighted by Crippen LogP contribution is 2.42. The first-order chi connectivity index (χ1) is 13.3. The molecule has 0 radical (unpaired) electrons. The molecule has 0 aromatic carbocycles. The number of amides is 1. The number of aromatic nitrogens is 2. The van der Waals surface area contributed by atoms with Gasteiger partial charge < -0.3 is 24.2 Å². The molecule has 2 aliphatic rings. The van der Waals surface area contributed by atoms with E-state index < -0.39 is 66.8 Å². The summed E-state index contributed by atoms with van der Waals surface area (Å²) in [5.74, 6) is -3.15. The minimum Gasteiger partial charge on any atom is -0.394 e. The molecule has 1 unspecified atom stereocenters. The molecule has 1 amide bonds. The molecule has 0 aliphatic carbocycles. The Hall–Kier alpha value is -2.22. The van der Waals surface area contributed by atoms with Crippen molar-refractivity contribution in [2.24, 2.45) is 0 Å². The van der Waals surface area contributed by atoms with E-state index in [2.05, 4.69) is 0 Å². The Morgan fingerprint density at radius 1 is 1.31 bits per heavy atom. The summed E-state index contributed by atoms with van der Waals surface area (Å²) in [5.41, 5.74) is -2.10. The molecule has 2 N–H and O–H groups in total. The van der Waals surface area contributed by atoms with E-state index in [1.165, 1.54) is 0 Å². The minimum absolute atomic E-state index is 0.268. The molecule has 0 spiro atoms. The van der Waals surface area contributed by atoms with Crippen molar-refractivity contribution in [2.75, 3.05) is 13.7 Å². The number of ether oxygens (including phenoxy) is 3. The van der Waals surface area contributed by atoms with Gasteiger partial charge in [0.1, 0.15) is 18.3 Å². The zero-order chi connectivity index (χ0) is 21.7. The lowest BCUT2D eigenvalue weighted by Gasteiger charge is -2.25. The number of nitrogens with one attached hydrogen (secondary N) is 1. The number of nitrogens with zero attached hydrogens (tertiary/aromatic N) is 2. The van der Waals surface area contributed by atoms with Crippen LogP contribution in [0, 0.1) is 0 Å². The van der Waals surface area contributed by atoms with Crippen molar-refractivity contribution in [3.05, 3.63) is 32.6 Å². The van der Waals surface area contributed by atoms with Gasteiger partial charge in [-0.2, -0.15) is 13.2 Å². The topological polar surface area (TPSA) is 123 Å². The fraction of sp³-hybridized carbons (Fsp3) is 0.688. The van der Waals surface area contributed by atoms with Gasteiger partial charge in [0.05, 0.1) is 18.7 Å². The molecule has 2 aliphatic heterocycles. The SMILES string of the molecule is CN(Cc1cn([C@@H]2O[C@H](CO)C3OC(C)(C)O[C@@H]32)c(=O)[nH]c1=O)C(=O)C(F)(F)F. The maximum absolute atomic E-state index is 12.6. The lowest BCUT2D eigenvalue weighted by molar-refractivity contribution is -0.200. The van der Waals surface area contributed by atoms with Gasteiger partial charge in [-0.15, -0.1) is 0 Å². The number of rotatable bonds is 4. The van der Waals surface area contributed by atoms with Crippen molar-refractivity contribution in [3.8, 4) is 0 Å². The Morgan fingerprint density at radius 2 is 1.93 bits per heavy atom. The molecule has 13 heteroatoms. The van der Waals surface area contributed by atoms with Crippen molar-refractivity contribution in [2.45, 2.75) is 56.9 Å². The van der Waals surface area contributed by atoms with E-state index in [0.29, 0.717) is 4.90 Å². The predicted octanol–water partition coefficient (Wildman–Crippen LogP) is -0.533. The second kappa shape index (κ2) is 7.23. The predicted molar refractivity (Wildman–Crippen MR) is 88.7 cm³/mol. The highest BCUT2D eigenvalue weighted by atomic mass is 19.4. The second-order valence-electron chi connectivity index (χ2n) is 7.29. The van der Waals surface area contributed by atoms with Gasteiger partial charge in [-0.25, -0.2) is 4.79 Å². The average molecular weight is 423 g/mol. The molecule has 29 heavy (non-hydrogen) atoms. The lowest BCUT2D eigenvalue weighted by atomic mass is 10.1. The van der Waals surface area contributed by atoms with Crippen LogP contribution < -0.4 is 11.2 Å². The summed E-state index contributed by atoms with van der Waals surface area (Å²) in [4.78, 5) is 38.0. The molecule has 162 valence electrons. The van der Waals surface area contributed by atoms with Crippen LogP contribution in [-0.2, 0) is 25.5 Å². The van der Waals surface area contributed by atoms with E-state index in [-0.39, 0.29) is 5.56 Å². The van der Waals surface area contributed by atoms with Crippen LogP contribution in [0.25, 0.3) is 0 Å². The number of carbonyl (C=O) groups is 1. The van der Waals surface area contributed by atoms with E-state index >= 15 is 0 Å². The largest absolute Gasteiger partial charge is 0.471 e. The van der Waals surface area contributed by atoms with E-state index in [1.54, 1.807) is 13.8 Å². The lowest BCUT2D eigenvalue weighted by Crippen LogP contribution is -2.42. The number of aliphatic hydroxyl groups is 1. The van der Waals surface area contributed by atoms with Crippen molar-refractivity contribution in [1.82, 2.24) is 14.5 Å². The van der Waals surface area contributed by atoms with E-state index in [1.807, 2.05) is 4.98 Å². The highest BCUT2D eigenvalue weighted by Gasteiger charge is 2.56. The zero-order valence-electron chi connectivity index (χ0n) is 15.7. The number of alkyl halides is 3. The molecule has 1 aromatic rings. The summed E-state index contributed by atoms with van der Waals surface area (Å²) < 4.78 is 55.7. The number of halogens is 3. The number of carbonyl (C=O) groups excluding carboxylic acids is 1. The van der Waals surface area contributed by atoms with Crippen LogP contribution in [0.5, 0.6) is 0 Å². The zero-order valence-corrected chi connectivity index (χ0v) is 15.7. The molecule has 3 heterocycles. The van der Waals surface area contributed by atoms with Crippen molar-refractivity contribution >= 4 is 5.91 Å². The fourth-order valence-electron chi connectivity index (χ4n) is 3.40. The average Bonchev–Trinajstić information content (AvgIpc) is 3.08. The first-order valence-corrected chi connectivity index (χ1v) is 8.62. The molecule has 2 fully saturated rings. The maximum atomic E-state index is 12.6. The molecule has 0 saturated carbocycles. The summed E-state index contributed by atoms with van der Waals surface area (Å²) in [7, 11) is 0.880. The van der Waals surface area contributed by atoms with Crippen LogP contribution in [-0.4, -0.2) is 69.4 Å². The summed E-state index contributed by atoms with van der Waals surface area (Å²) in [6, 6.07) is 0. The van der Waals surface area contributed by atoms with Gasteiger partial charge in [0, 0.05) is 13.2 Å². The quantitative estimate of drug-likeness (QED) is 0.667. The summed E-state index contributed by atoms with van der Waals surface area (Å²) in [6.07, 6.45) is -7.52. The van der Waals surface area contributed by atoms with Crippen molar-refractivity contribution in [3.63, 3.8) is 0 Å². The third kappa shape index (κ3) is 4.08. The van der Waals surface area contributed by atoms with Crippen LogP contribution in [0.1, 0.15) is 25.6 Å². The maximum Gasteiger partial charge on any atom is 0.471 e. The van der Waals surface area contributed by atoms with Crippen molar-refractivity contribution in [1.29, 1.82) is 0 Å². The van der Waals surface area contributed by atoms with Gasteiger partial charge in [0.2, 0.25) is 0 Å². The van der Waals surface area contributed by atoms with Gasteiger partial charge >= 0.3 is 17.8 Å². The van der Waals surface area contributed by atoms with Crippen LogP contribution in [0.15, 0.2) is 15.8 Å². The molecule has 1 aromatic heterocycles. The fourth-order valence-corrected chi connectivity index (χ4v) is 3.40. The molecule has 0 bridgehead atoms. The van der Waals surface area contributed by atoms with E-state index in [4.69, 9.17) is 14.2 Å². The standard InChI is InChI=1S/C16H20F3N3O7/c1-15(2)28-9-8(6-23)27-12(10(9)29-15)22-5-7(11(24)20-14(22)26)4-21(3)13(25)16(17,18)19/h5,8-10,12,23H,4,6H2,1-3H3,(H,20,24,26)/t8-,9?,10+,12-/m1/s1. The number of fused-ring (bicyclic) bond motifs is 1. The van der Waals surface area contributed by atoms with Crippen LogP contribution in [0.2, 0.25) is 0 Å². The third-order valence-corrected chi connectivity index (χ3v) is 4.62. The summed E-state index contributed by atoms with van der Waals surface area (Å²) >= 11 is 0. The Kier molecular flexibility index (Phi) is 5.36. The molecule has 3 rings (SSSR count). The van der Waals surface area contributed by atoms with Crippen LogP contribution in [0.4, 0.5) is 13.2 Å². The number of hydrogen-bond acceptors (Lipinski definition) is 7. The van der Waals surface area contributed by atoms with E-state index in [9.17, 15) is 32.7 Å². The first kappa shape index (κ1) is 21.5. The molecule has 2 saturated heterocycles. The number of H-pyrrole nitrogens is 1. The smallest absolute Gasteiger partial charge is 0.394 e. The Labute approximate surface area is 161 Å². The van der Waals surface area contributed by atoms with Gasteiger partial charge in [-0.1, -0.05) is 0 Å². The monoisotopic (exact) mass is 423 g/mol. The highest BCUT2D eigenvalue weighted by molar-refractivity contribution is 5.81.